The van der Waals surface area contributed by atoms with Crippen LogP contribution < -0.4 is 20.7 Å². The monoisotopic (exact) mass is 520 g/mol. The summed E-state index contributed by atoms with van der Waals surface area (Å²) in [6.07, 6.45) is 7.14. The Balaban J connectivity index is 1.48. The minimum atomic E-state index is -1.22. The van der Waals surface area contributed by atoms with Crippen LogP contribution in [0.4, 0.5) is 17.2 Å². The van der Waals surface area contributed by atoms with Crippen molar-refractivity contribution in [3.8, 4) is 0 Å². The van der Waals surface area contributed by atoms with Crippen molar-refractivity contribution in [1.82, 2.24) is 20.6 Å². The maximum atomic E-state index is 12.7. The molecule has 2 aliphatic rings. The van der Waals surface area contributed by atoms with Crippen molar-refractivity contribution < 1.29 is 14.1 Å². The molecule has 0 radical (unpaired) electrons. The molecule has 4 rings (SSSR count). The van der Waals surface area contributed by atoms with Crippen LogP contribution >= 0.6 is 11.6 Å². The molecular weight excluding hydrogens is 488 g/mol. The number of benzene rings is 1. The molecule has 2 fully saturated rings. The Hall–Kier alpha value is -2.11. The zero-order valence-corrected chi connectivity index (χ0v) is 21.5. The van der Waals surface area contributed by atoms with Gasteiger partial charge in [0.05, 0.1) is 35.8 Å². The summed E-state index contributed by atoms with van der Waals surface area (Å²) < 4.78 is 20.5. The van der Waals surface area contributed by atoms with Crippen LogP contribution in [0.5, 0.6) is 0 Å². The highest BCUT2D eigenvalue weighted by Crippen LogP contribution is 2.35. The minimum absolute atomic E-state index is 0.0243. The third-order valence-electron chi connectivity index (χ3n) is 6.62. The van der Waals surface area contributed by atoms with Gasteiger partial charge in [-0.25, -0.2) is 14.7 Å². The first kappa shape index (κ1) is 26.0. The molecule has 1 atom stereocenters. The van der Waals surface area contributed by atoms with Gasteiger partial charge < -0.3 is 25.2 Å². The van der Waals surface area contributed by atoms with E-state index in [9.17, 15) is 9.35 Å². The van der Waals surface area contributed by atoms with Gasteiger partial charge in [0.15, 0.2) is 5.82 Å². The van der Waals surface area contributed by atoms with E-state index in [-0.39, 0.29) is 17.3 Å². The van der Waals surface area contributed by atoms with Gasteiger partial charge in [-0.05, 0) is 64.0 Å². The van der Waals surface area contributed by atoms with Crippen molar-refractivity contribution >= 4 is 46.1 Å². The minimum Gasteiger partial charge on any atom is -0.593 e. The smallest absolute Gasteiger partial charge is 0.309 e. The molecule has 1 aromatic carbocycles. The Bertz CT molecular complexity index is 999. The maximum absolute atomic E-state index is 12.7. The predicted octanol–water partition coefficient (Wildman–Crippen LogP) is 3.03. The fourth-order valence-corrected chi connectivity index (χ4v) is 5.23. The molecule has 2 aromatic rings. The van der Waals surface area contributed by atoms with Gasteiger partial charge in [-0.1, -0.05) is 23.7 Å². The van der Waals surface area contributed by atoms with E-state index in [2.05, 4.69) is 25.7 Å². The molecular formula is C24H33ClN6O3S. The molecule has 1 aromatic heterocycles. The largest absolute Gasteiger partial charge is 0.593 e. The van der Waals surface area contributed by atoms with Crippen LogP contribution in [0.25, 0.3) is 0 Å². The highest BCUT2D eigenvalue weighted by atomic mass is 35.5. The number of ether oxygens (including phenoxy) is 1. The van der Waals surface area contributed by atoms with E-state index in [1.165, 1.54) is 0 Å². The van der Waals surface area contributed by atoms with Gasteiger partial charge in [-0.3, -0.25) is 4.79 Å². The number of halogens is 1. The molecule has 0 bridgehead atoms. The molecule has 2 aliphatic heterocycles. The SMILES string of the molecule is C[S+]([O-])Nc1ccccc1Nc1nc(CC2(COC(=O)C3CCNCC3)CCNCC2)ncc1Cl. The van der Waals surface area contributed by atoms with Crippen LogP contribution in [0.3, 0.4) is 0 Å². The quantitative estimate of drug-likeness (QED) is 0.292. The number of para-hydroxylation sites is 2. The van der Waals surface area contributed by atoms with Gasteiger partial charge in [0.1, 0.15) is 22.8 Å². The van der Waals surface area contributed by atoms with E-state index in [0.29, 0.717) is 41.1 Å². The lowest BCUT2D eigenvalue weighted by Crippen LogP contribution is -2.43. The molecule has 0 saturated carbocycles. The number of nitrogens with one attached hydrogen (secondary N) is 4. The van der Waals surface area contributed by atoms with Crippen molar-refractivity contribution in [2.45, 2.75) is 32.1 Å². The van der Waals surface area contributed by atoms with Crippen molar-refractivity contribution in [3.05, 3.63) is 41.3 Å². The lowest BCUT2D eigenvalue weighted by molar-refractivity contribution is -0.154. The summed E-state index contributed by atoms with van der Waals surface area (Å²) >= 11 is 5.20. The zero-order valence-electron chi connectivity index (χ0n) is 19.9. The Kier molecular flexibility index (Phi) is 9.07. The van der Waals surface area contributed by atoms with Gasteiger partial charge in [-0.15, -0.1) is 0 Å². The highest BCUT2D eigenvalue weighted by molar-refractivity contribution is 7.92. The van der Waals surface area contributed by atoms with Crippen LogP contribution in [0.1, 0.15) is 31.5 Å². The van der Waals surface area contributed by atoms with Gasteiger partial charge in [0.25, 0.3) is 0 Å². The third kappa shape index (κ3) is 7.20. The Labute approximate surface area is 214 Å². The summed E-state index contributed by atoms with van der Waals surface area (Å²) in [4.78, 5) is 21.9. The van der Waals surface area contributed by atoms with Gasteiger partial charge in [0.2, 0.25) is 0 Å². The third-order valence-corrected chi connectivity index (χ3v) is 7.40. The molecule has 0 aliphatic carbocycles. The lowest BCUT2D eigenvalue weighted by atomic mass is 9.76. The highest BCUT2D eigenvalue weighted by Gasteiger charge is 2.36. The molecule has 4 N–H and O–H groups in total. The van der Waals surface area contributed by atoms with Gasteiger partial charge in [-0.2, -0.15) is 0 Å². The number of piperidine rings is 2. The van der Waals surface area contributed by atoms with Crippen LogP contribution in [-0.2, 0) is 27.3 Å². The molecule has 2 saturated heterocycles. The molecule has 0 spiro atoms. The summed E-state index contributed by atoms with van der Waals surface area (Å²) in [6.45, 7) is 3.79. The van der Waals surface area contributed by atoms with E-state index in [1.54, 1.807) is 12.5 Å². The Morgan fingerprint density at radius 2 is 1.89 bits per heavy atom. The number of anilines is 3. The number of carbonyl (C=O) groups is 1. The first-order valence-corrected chi connectivity index (χ1v) is 13.9. The van der Waals surface area contributed by atoms with Crippen LogP contribution in [-0.4, -0.2) is 59.5 Å². The fourth-order valence-electron chi connectivity index (χ4n) is 4.60. The number of nitrogens with zero attached hydrogens (tertiary/aromatic N) is 2. The van der Waals surface area contributed by atoms with Gasteiger partial charge >= 0.3 is 5.97 Å². The normalized spacial score (nSPS) is 19.1. The number of hydrogen-bond acceptors (Lipinski definition) is 9. The van der Waals surface area contributed by atoms with Crippen LogP contribution in [0, 0.1) is 11.3 Å². The van der Waals surface area contributed by atoms with E-state index < -0.39 is 11.4 Å². The summed E-state index contributed by atoms with van der Waals surface area (Å²) in [5.74, 6) is 0.995. The number of rotatable bonds is 9. The predicted molar refractivity (Wildman–Crippen MR) is 139 cm³/mol. The number of aromatic nitrogens is 2. The average Bonchev–Trinajstić information content (AvgIpc) is 2.86. The first-order chi connectivity index (χ1) is 16.9. The molecule has 11 heteroatoms. The molecule has 9 nitrogen and oxygen atoms in total. The van der Waals surface area contributed by atoms with Crippen molar-refractivity contribution in [2.24, 2.45) is 11.3 Å². The summed E-state index contributed by atoms with van der Waals surface area (Å²) in [5, 5.41) is 10.3. The second kappa shape index (κ2) is 12.2. The fraction of sp³-hybridized carbons (Fsp3) is 0.542. The van der Waals surface area contributed by atoms with Crippen LogP contribution in [0.15, 0.2) is 30.5 Å². The maximum Gasteiger partial charge on any atom is 0.309 e. The number of hydrogen-bond donors (Lipinski definition) is 4. The second-order valence-electron chi connectivity index (χ2n) is 9.27. The van der Waals surface area contributed by atoms with Gasteiger partial charge in [0, 0.05) is 11.8 Å². The molecule has 0 amide bonds. The van der Waals surface area contributed by atoms with E-state index in [4.69, 9.17) is 21.3 Å². The standard InChI is InChI=1S/C24H33ClN6O3S/c1-35(33)31-20-5-3-2-4-19(20)29-22-18(25)15-28-21(30-22)14-24(8-12-27-13-9-24)16-34-23(32)17-6-10-26-11-7-17/h2-5,15,17,26-27,31H,6-14,16H2,1H3,(H,28,29,30). The van der Waals surface area contributed by atoms with E-state index >= 15 is 0 Å². The summed E-state index contributed by atoms with van der Waals surface area (Å²) in [6, 6.07) is 7.44. The van der Waals surface area contributed by atoms with E-state index in [0.717, 1.165) is 51.9 Å². The topological polar surface area (TPSA) is 123 Å². The summed E-state index contributed by atoms with van der Waals surface area (Å²) in [5.41, 5.74) is 1.17. The number of carbonyl (C=O) groups excluding carboxylic acids is 1. The molecule has 190 valence electrons. The van der Waals surface area contributed by atoms with Crippen molar-refractivity contribution in [1.29, 1.82) is 0 Å². The Morgan fingerprint density at radius 1 is 1.20 bits per heavy atom. The average molecular weight is 521 g/mol. The van der Waals surface area contributed by atoms with Crippen molar-refractivity contribution in [3.63, 3.8) is 0 Å². The number of esters is 1. The zero-order chi connectivity index (χ0) is 24.7. The second-order valence-corrected chi connectivity index (χ2v) is 10.8. The molecule has 35 heavy (non-hydrogen) atoms. The first-order valence-electron chi connectivity index (χ1n) is 12.0. The van der Waals surface area contributed by atoms with Crippen LogP contribution in [0.2, 0.25) is 5.02 Å². The van der Waals surface area contributed by atoms with E-state index in [1.807, 2.05) is 24.3 Å². The Morgan fingerprint density at radius 3 is 2.60 bits per heavy atom. The molecule has 1 unspecified atom stereocenters. The molecule has 3 heterocycles. The van der Waals surface area contributed by atoms with Crippen molar-refractivity contribution in [2.75, 3.05) is 49.1 Å². The lowest BCUT2D eigenvalue weighted by Gasteiger charge is -2.37. The summed E-state index contributed by atoms with van der Waals surface area (Å²) in [7, 11) is 0.